The third-order valence-corrected chi connectivity index (χ3v) is 3.32. The Labute approximate surface area is 132 Å². The van der Waals surface area contributed by atoms with Gasteiger partial charge in [-0.1, -0.05) is 6.07 Å². The summed E-state index contributed by atoms with van der Waals surface area (Å²) in [5.41, 5.74) is 0.624. The van der Waals surface area contributed by atoms with E-state index in [1.165, 1.54) is 0 Å². The minimum atomic E-state index is -0.0492. The summed E-state index contributed by atoms with van der Waals surface area (Å²) < 4.78 is 11.9. The monoisotopic (exact) mass is 382 g/mol. The van der Waals surface area contributed by atoms with Gasteiger partial charge in [0.25, 0.3) is 0 Å². The lowest BCUT2D eigenvalue weighted by molar-refractivity contribution is 0.0921. The number of carbonyl (C=O) groups excluding carboxylic acids is 1. The van der Waals surface area contributed by atoms with Crippen LogP contribution in [0.5, 0.6) is 11.5 Å². The molecule has 20 heavy (non-hydrogen) atoms. The lowest BCUT2D eigenvalue weighted by Gasteiger charge is -2.07. The molecule has 0 aromatic heterocycles. The highest BCUT2D eigenvalue weighted by molar-refractivity contribution is 14.1. The van der Waals surface area contributed by atoms with Gasteiger partial charge in [0.15, 0.2) is 12.4 Å². The average molecular weight is 382 g/mol. The van der Waals surface area contributed by atoms with E-state index < -0.39 is 0 Å². The van der Waals surface area contributed by atoms with Crippen molar-refractivity contribution in [2.75, 3.05) is 13.2 Å². The maximum atomic E-state index is 12.0. The van der Waals surface area contributed by atoms with Crippen molar-refractivity contribution < 1.29 is 14.3 Å². The molecular weight excluding hydrogens is 367 g/mol. The first kappa shape index (κ1) is 14.8. The van der Waals surface area contributed by atoms with E-state index in [2.05, 4.69) is 22.6 Å². The van der Waals surface area contributed by atoms with E-state index in [0.29, 0.717) is 17.9 Å². The lowest BCUT2D eigenvalue weighted by atomic mass is 10.1. The maximum Gasteiger partial charge on any atom is 0.200 e. The third kappa shape index (κ3) is 4.23. The molecule has 0 aliphatic heterocycles. The molecule has 0 aliphatic carbocycles. The van der Waals surface area contributed by atoms with E-state index in [1.807, 2.05) is 31.2 Å². The standard InChI is InChI=1S/C16H15IO3/c1-2-19-14-8-6-12(7-9-14)16(18)11-20-15-5-3-4-13(17)10-15/h3-10H,2,11H2,1H3. The Bertz CT molecular complexity index is 579. The van der Waals surface area contributed by atoms with Crippen molar-refractivity contribution in [3.63, 3.8) is 0 Å². The molecular formula is C16H15IO3. The number of carbonyl (C=O) groups is 1. The number of Topliss-reactive ketones (excluding diaryl/α,β-unsaturated/α-hetero) is 1. The Kier molecular flexibility index (Phi) is 5.40. The van der Waals surface area contributed by atoms with Crippen LogP contribution in [-0.2, 0) is 0 Å². The van der Waals surface area contributed by atoms with Crippen LogP contribution >= 0.6 is 22.6 Å². The van der Waals surface area contributed by atoms with Gasteiger partial charge in [-0.15, -0.1) is 0 Å². The van der Waals surface area contributed by atoms with E-state index in [4.69, 9.17) is 9.47 Å². The fraction of sp³-hybridized carbons (Fsp3) is 0.188. The molecule has 0 heterocycles. The van der Waals surface area contributed by atoms with Crippen molar-refractivity contribution in [1.29, 1.82) is 0 Å². The van der Waals surface area contributed by atoms with Crippen LogP contribution in [0.4, 0.5) is 0 Å². The summed E-state index contributed by atoms with van der Waals surface area (Å²) in [7, 11) is 0. The first-order chi connectivity index (χ1) is 9.69. The van der Waals surface area contributed by atoms with Gasteiger partial charge in [-0.3, -0.25) is 4.79 Å². The minimum absolute atomic E-state index is 0.0358. The van der Waals surface area contributed by atoms with Crippen molar-refractivity contribution >= 4 is 28.4 Å². The second-order valence-electron chi connectivity index (χ2n) is 4.13. The summed E-state index contributed by atoms with van der Waals surface area (Å²) in [4.78, 5) is 12.0. The molecule has 0 bridgehead atoms. The van der Waals surface area contributed by atoms with Gasteiger partial charge in [-0.25, -0.2) is 0 Å². The molecule has 0 amide bonds. The molecule has 0 spiro atoms. The molecule has 0 aliphatic rings. The molecule has 2 aromatic rings. The van der Waals surface area contributed by atoms with Crippen LogP contribution in [0.3, 0.4) is 0 Å². The molecule has 0 fully saturated rings. The SMILES string of the molecule is CCOc1ccc(C(=O)COc2cccc(I)c2)cc1. The molecule has 0 N–H and O–H groups in total. The largest absolute Gasteiger partial charge is 0.494 e. The highest BCUT2D eigenvalue weighted by atomic mass is 127. The van der Waals surface area contributed by atoms with Crippen LogP contribution < -0.4 is 9.47 Å². The summed E-state index contributed by atoms with van der Waals surface area (Å²) >= 11 is 2.21. The second kappa shape index (κ2) is 7.28. The van der Waals surface area contributed by atoms with Crippen molar-refractivity contribution in [3.8, 4) is 11.5 Å². The van der Waals surface area contributed by atoms with E-state index in [0.717, 1.165) is 9.32 Å². The van der Waals surface area contributed by atoms with Gasteiger partial charge in [-0.05, 0) is 72.0 Å². The van der Waals surface area contributed by atoms with Crippen LogP contribution in [0.15, 0.2) is 48.5 Å². The zero-order chi connectivity index (χ0) is 14.4. The zero-order valence-electron chi connectivity index (χ0n) is 11.1. The van der Waals surface area contributed by atoms with Crippen LogP contribution in [-0.4, -0.2) is 19.0 Å². The van der Waals surface area contributed by atoms with E-state index >= 15 is 0 Å². The van der Waals surface area contributed by atoms with Gasteiger partial charge in [0.05, 0.1) is 6.61 Å². The molecule has 0 unspecified atom stereocenters. The zero-order valence-corrected chi connectivity index (χ0v) is 13.3. The van der Waals surface area contributed by atoms with Crippen LogP contribution in [0.2, 0.25) is 0 Å². The quantitative estimate of drug-likeness (QED) is 0.561. The van der Waals surface area contributed by atoms with E-state index in [9.17, 15) is 4.79 Å². The first-order valence-electron chi connectivity index (χ1n) is 6.33. The molecule has 0 saturated heterocycles. The number of rotatable bonds is 6. The molecule has 104 valence electrons. The maximum absolute atomic E-state index is 12.0. The number of benzene rings is 2. The molecule has 0 saturated carbocycles. The lowest BCUT2D eigenvalue weighted by Crippen LogP contribution is -2.11. The average Bonchev–Trinajstić information content (AvgIpc) is 2.46. The molecule has 3 nitrogen and oxygen atoms in total. The number of ketones is 1. The topological polar surface area (TPSA) is 35.5 Å². The second-order valence-corrected chi connectivity index (χ2v) is 5.37. The van der Waals surface area contributed by atoms with Crippen LogP contribution in [0.25, 0.3) is 0 Å². The molecule has 2 rings (SSSR count). The van der Waals surface area contributed by atoms with Crippen LogP contribution in [0.1, 0.15) is 17.3 Å². The predicted molar refractivity (Wildman–Crippen MR) is 86.6 cm³/mol. The Balaban J connectivity index is 1.94. The summed E-state index contributed by atoms with van der Waals surface area (Å²) in [6.45, 7) is 2.57. The van der Waals surface area contributed by atoms with Gasteiger partial charge >= 0.3 is 0 Å². The Morgan fingerprint density at radius 1 is 1.05 bits per heavy atom. The Hall–Kier alpha value is -1.56. The highest BCUT2D eigenvalue weighted by Crippen LogP contribution is 2.16. The summed E-state index contributed by atoms with van der Waals surface area (Å²) in [6.07, 6.45) is 0. The van der Waals surface area contributed by atoms with Crippen molar-refractivity contribution in [3.05, 3.63) is 57.7 Å². The van der Waals surface area contributed by atoms with E-state index in [1.54, 1.807) is 24.3 Å². The molecule has 0 atom stereocenters. The Morgan fingerprint density at radius 2 is 1.80 bits per heavy atom. The Morgan fingerprint density at radius 3 is 2.45 bits per heavy atom. The first-order valence-corrected chi connectivity index (χ1v) is 7.41. The third-order valence-electron chi connectivity index (χ3n) is 2.65. The van der Waals surface area contributed by atoms with Gasteiger partial charge in [0, 0.05) is 9.13 Å². The van der Waals surface area contributed by atoms with Gasteiger partial charge in [0.1, 0.15) is 11.5 Å². The fourth-order valence-electron chi connectivity index (χ4n) is 1.69. The number of ether oxygens (including phenoxy) is 2. The summed E-state index contributed by atoms with van der Waals surface area (Å²) in [5, 5.41) is 0. The molecule has 2 aromatic carbocycles. The number of hydrogen-bond acceptors (Lipinski definition) is 3. The van der Waals surface area contributed by atoms with E-state index in [-0.39, 0.29) is 12.4 Å². The van der Waals surface area contributed by atoms with Gasteiger partial charge in [0.2, 0.25) is 0 Å². The normalized spacial score (nSPS) is 10.1. The smallest absolute Gasteiger partial charge is 0.200 e. The summed E-state index contributed by atoms with van der Waals surface area (Å²) in [5.74, 6) is 1.42. The fourth-order valence-corrected chi connectivity index (χ4v) is 2.21. The number of hydrogen-bond donors (Lipinski definition) is 0. The molecule has 4 heteroatoms. The predicted octanol–water partition coefficient (Wildman–Crippen LogP) is 3.95. The highest BCUT2D eigenvalue weighted by Gasteiger charge is 2.07. The van der Waals surface area contributed by atoms with Gasteiger partial charge < -0.3 is 9.47 Å². The minimum Gasteiger partial charge on any atom is -0.494 e. The molecule has 0 radical (unpaired) electrons. The number of halogens is 1. The van der Waals surface area contributed by atoms with Crippen molar-refractivity contribution in [2.24, 2.45) is 0 Å². The van der Waals surface area contributed by atoms with Crippen molar-refractivity contribution in [1.82, 2.24) is 0 Å². The van der Waals surface area contributed by atoms with Crippen molar-refractivity contribution in [2.45, 2.75) is 6.92 Å². The van der Waals surface area contributed by atoms with Gasteiger partial charge in [-0.2, -0.15) is 0 Å². The van der Waals surface area contributed by atoms with Crippen LogP contribution in [0, 0.1) is 3.57 Å². The summed E-state index contributed by atoms with van der Waals surface area (Å²) in [6, 6.07) is 14.7.